The van der Waals surface area contributed by atoms with E-state index in [1.807, 2.05) is 24.3 Å². The van der Waals surface area contributed by atoms with Crippen molar-refractivity contribution in [3.63, 3.8) is 0 Å². The number of nitrogens with zero attached hydrogens (tertiary/aromatic N) is 1. The molecule has 0 aliphatic carbocycles. The normalized spacial score (nSPS) is 16.5. The fourth-order valence-electron chi connectivity index (χ4n) is 2.39. The number of ether oxygens (including phenoxy) is 1. The first-order valence-corrected chi connectivity index (χ1v) is 7.70. The summed E-state index contributed by atoms with van der Waals surface area (Å²) >= 11 is 1.22. The van der Waals surface area contributed by atoms with Gasteiger partial charge in [-0.25, -0.2) is 9.78 Å². The van der Waals surface area contributed by atoms with Crippen LogP contribution in [0.3, 0.4) is 0 Å². The largest absolute Gasteiger partial charge is 0.493 e. The fourth-order valence-corrected chi connectivity index (χ4v) is 3.10. The molecule has 1 aromatic heterocycles. The summed E-state index contributed by atoms with van der Waals surface area (Å²) in [6, 6.07) is 7.51. The molecule has 0 spiro atoms. The summed E-state index contributed by atoms with van der Waals surface area (Å²) in [5.41, 5.74) is 0.891. The Hall–Kier alpha value is -2.41. The molecule has 2 aromatic rings. The van der Waals surface area contributed by atoms with Crippen LogP contribution in [0.4, 0.5) is 0 Å². The lowest BCUT2D eigenvalue weighted by Crippen LogP contribution is -2.32. The van der Waals surface area contributed by atoms with Crippen molar-refractivity contribution in [1.82, 2.24) is 10.3 Å². The van der Waals surface area contributed by atoms with Crippen LogP contribution in [0.15, 0.2) is 29.6 Å². The number of amides is 1. The van der Waals surface area contributed by atoms with Gasteiger partial charge in [0, 0.05) is 10.9 Å². The molecule has 0 fully saturated rings. The fraction of sp³-hybridized carbons (Fsp3) is 0.267. The number of rotatable bonds is 4. The monoisotopic (exact) mass is 318 g/mol. The molecule has 1 amide bonds. The molecule has 1 aliphatic heterocycles. The zero-order valence-corrected chi connectivity index (χ0v) is 12.4. The van der Waals surface area contributed by atoms with Gasteiger partial charge in [0.15, 0.2) is 5.69 Å². The lowest BCUT2D eigenvalue weighted by atomic mass is 9.92. The number of aromatic carboxylic acids is 1. The van der Waals surface area contributed by atoms with E-state index in [1.54, 1.807) is 0 Å². The Bertz CT molecular complexity index is 713. The molecule has 0 unspecified atom stereocenters. The predicted molar refractivity (Wildman–Crippen MR) is 80.2 cm³/mol. The van der Waals surface area contributed by atoms with Crippen molar-refractivity contribution in [2.24, 2.45) is 0 Å². The Labute approximate surface area is 130 Å². The zero-order chi connectivity index (χ0) is 15.5. The van der Waals surface area contributed by atoms with Crippen LogP contribution < -0.4 is 10.1 Å². The number of carbonyl (C=O) groups excluding carboxylic acids is 1. The molecule has 1 aliphatic rings. The van der Waals surface area contributed by atoms with Crippen LogP contribution in [0.25, 0.3) is 0 Å². The van der Waals surface area contributed by atoms with E-state index in [-0.39, 0.29) is 24.1 Å². The Morgan fingerprint density at radius 3 is 3.00 bits per heavy atom. The molecule has 114 valence electrons. The minimum atomic E-state index is -1.06. The highest BCUT2D eigenvalue weighted by molar-refractivity contribution is 7.09. The molecule has 1 atom stereocenters. The standard InChI is InChI=1S/C15H14N2O4S/c18-14(16-7-13-17-11(8-22-13)15(19)20)10-5-6-21-12-4-2-1-3-9(10)12/h1-4,8,10H,5-7H2,(H,16,18)(H,19,20)/t10-/m0/s1. The highest BCUT2D eigenvalue weighted by Gasteiger charge is 2.27. The third kappa shape index (κ3) is 2.94. The van der Waals surface area contributed by atoms with Crippen LogP contribution in [0.1, 0.15) is 33.4 Å². The SMILES string of the molecule is O=C(O)c1csc(CNC(=O)[C@H]2CCOc3ccccc32)n1. The van der Waals surface area contributed by atoms with Crippen LogP contribution >= 0.6 is 11.3 Å². The molecule has 2 heterocycles. The topological polar surface area (TPSA) is 88.5 Å². The lowest BCUT2D eigenvalue weighted by molar-refractivity contribution is -0.123. The van der Waals surface area contributed by atoms with E-state index in [0.29, 0.717) is 18.0 Å². The van der Waals surface area contributed by atoms with E-state index in [1.165, 1.54) is 16.7 Å². The number of carbonyl (C=O) groups is 2. The number of carboxylic acid groups (broad SMARTS) is 1. The van der Waals surface area contributed by atoms with Gasteiger partial charge in [-0.15, -0.1) is 11.3 Å². The highest BCUT2D eigenvalue weighted by atomic mass is 32.1. The van der Waals surface area contributed by atoms with Crippen molar-refractivity contribution in [3.8, 4) is 5.75 Å². The molecular weight excluding hydrogens is 304 g/mol. The highest BCUT2D eigenvalue weighted by Crippen LogP contribution is 2.33. The van der Waals surface area contributed by atoms with Gasteiger partial charge in [0.1, 0.15) is 10.8 Å². The van der Waals surface area contributed by atoms with Crippen molar-refractivity contribution >= 4 is 23.2 Å². The molecular formula is C15H14N2O4S. The van der Waals surface area contributed by atoms with Gasteiger partial charge in [-0.3, -0.25) is 4.79 Å². The number of thiazole rings is 1. The second-order valence-electron chi connectivity index (χ2n) is 4.88. The molecule has 6 nitrogen and oxygen atoms in total. The van der Waals surface area contributed by atoms with Crippen LogP contribution in [0, 0.1) is 0 Å². The van der Waals surface area contributed by atoms with E-state index >= 15 is 0 Å². The first-order chi connectivity index (χ1) is 10.6. The van der Waals surface area contributed by atoms with Crippen LogP contribution in [0.5, 0.6) is 5.75 Å². The van der Waals surface area contributed by atoms with Gasteiger partial charge in [0.05, 0.1) is 19.1 Å². The van der Waals surface area contributed by atoms with Gasteiger partial charge in [0.25, 0.3) is 0 Å². The zero-order valence-electron chi connectivity index (χ0n) is 11.6. The van der Waals surface area contributed by atoms with Gasteiger partial charge in [-0.05, 0) is 12.5 Å². The summed E-state index contributed by atoms with van der Waals surface area (Å²) in [5.74, 6) is -0.657. The number of nitrogens with one attached hydrogen (secondary N) is 1. The average Bonchev–Trinajstić information content (AvgIpc) is 3.01. The van der Waals surface area contributed by atoms with E-state index in [4.69, 9.17) is 9.84 Å². The Morgan fingerprint density at radius 1 is 1.41 bits per heavy atom. The minimum Gasteiger partial charge on any atom is -0.493 e. The number of para-hydroxylation sites is 1. The number of fused-ring (bicyclic) bond motifs is 1. The van der Waals surface area contributed by atoms with Crippen LogP contribution in [-0.2, 0) is 11.3 Å². The molecule has 0 saturated heterocycles. The molecule has 3 rings (SSSR count). The molecule has 22 heavy (non-hydrogen) atoms. The first-order valence-electron chi connectivity index (χ1n) is 6.82. The van der Waals surface area contributed by atoms with E-state index in [0.717, 1.165) is 11.3 Å². The van der Waals surface area contributed by atoms with Crippen LogP contribution in [-0.4, -0.2) is 28.6 Å². The Kier molecular flexibility index (Phi) is 4.06. The molecule has 7 heteroatoms. The summed E-state index contributed by atoms with van der Waals surface area (Å²) < 4.78 is 5.54. The van der Waals surface area contributed by atoms with E-state index in [9.17, 15) is 9.59 Å². The summed E-state index contributed by atoms with van der Waals surface area (Å²) in [6.45, 7) is 0.742. The van der Waals surface area contributed by atoms with Gasteiger partial charge in [-0.1, -0.05) is 18.2 Å². The Morgan fingerprint density at radius 2 is 2.23 bits per heavy atom. The summed E-state index contributed by atoms with van der Waals surface area (Å²) in [4.78, 5) is 27.1. The number of carboxylic acids is 1. The minimum absolute atomic E-state index is 0.00524. The second kappa shape index (κ2) is 6.15. The van der Waals surface area contributed by atoms with Crippen molar-refractivity contribution < 1.29 is 19.4 Å². The molecule has 0 bridgehead atoms. The Balaban J connectivity index is 1.66. The van der Waals surface area contributed by atoms with Gasteiger partial charge in [-0.2, -0.15) is 0 Å². The summed E-state index contributed by atoms with van der Waals surface area (Å²) in [6.07, 6.45) is 0.626. The molecule has 0 radical (unpaired) electrons. The van der Waals surface area contributed by atoms with Gasteiger partial charge < -0.3 is 15.2 Å². The average molecular weight is 318 g/mol. The van der Waals surface area contributed by atoms with Crippen molar-refractivity contribution in [3.05, 3.63) is 45.9 Å². The maximum absolute atomic E-state index is 12.4. The lowest BCUT2D eigenvalue weighted by Gasteiger charge is -2.24. The first kappa shape index (κ1) is 14.5. The summed E-state index contributed by atoms with van der Waals surface area (Å²) in [7, 11) is 0. The number of aromatic nitrogens is 1. The molecule has 0 saturated carbocycles. The quantitative estimate of drug-likeness (QED) is 0.900. The third-order valence-corrected chi connectivity index (χ3v) is 4.31. The van der Waals surface area contributed by atoms with Crippen molar-refractivity contribution in [1.29, 1.82) is 0 Å². The van der Waals surface area contributed by atoms with E-state index < -0.39 is 5.97 Å². The van der Waals surface area contributed by atoms with Crippen molar-refractivity contribution in [2.45, 2.75) is 18.9 Å². The number of benzene rings is 1. The molecule has 2 N–H and O–H groups in total. The number of hydrogen-bond donors (Lipinski definition) is 2. The number of hydrogen-bond acceptors (Lipinski definition) is 5. The molecule has 1 aromatic carbocycles. The van der Waals surface area contributed by atoms with E-state index in [2.05, 4.69) is 10.3 Å². The van der Waals surface area contributed by atoms with Crippen molar-refractivity contribution in [2.75, 3.05) is 6.61 Å². The third-order valence-electron chi connectivity index (χ3n) is 3.46. The summed E-state index contributed by atoms with van der Waals surface area (Å²) in [5, 5.41) is 13.7. The predicted octanol–water partition coefficient (Wildman–Crippen LogP) is 2.02. The van der Waals surface area contributed by atoms with Gasteiger partial charge in [0.2, 0.25) is 5.91 Å². The maximum Gasteiger partial charge on any atom is 0.355 e. The smallest absolute Gasteiger partial charge is 0.355 e. The second-order valence-corrected chi connectivity index (χ2v) is 5.82. The van der Waals surface area contributed by atoms with Crippen LogP contribution in [0.2, 0.25) is 0 Å². The van der Waals surface area contributed by atoms with Gasteiger partial charge >= 0.3 is 5.97 Å². The maximum atomic E-state index is 12.4.